The molecule has 0 aromatic rings. The summed E-state index contributed by atoms with van der Waals surface area (Å²) < 4.78 is 5.78. The average molecular weight is 254 g/mol. The highest BCUT2D eigenvalue weighted by Crippen LogP contribution is 2.34. The molecule has 2 rings (SSSR count). The fourth-order valence-corrected chi connectivity index (χ4v) is 3.39. The predicted octanol–water partition coefficient (Wildman–Crippen LogP) is 1.11. The maximum atomic E-state index is 12.6. The van der Waals surface area contributed by atoms with Crippen molar-refractivity contribution in [3.8, 4) is 0 Å². The topological polar surface area (TPSA) is 41.6 Å². The standard InChI is InChI=1S/C14H26N2O2/c1-9-10(2)18-11(3)13(9)14(17)16-6-5-12(8-16)7-15-4/h9-13,15H,5-8H2,1-4H3. The van der Waals surface area contributed by atoms with Crippen LogP contribution >= 0.6 is 0 Å². The molecule has 4 nitrogen and oxygen atoms in total. The van der Waals surface area contributed by atoms with Crippen molar-refractivity contribution < 1.29 is 9.53 Å². The number of carbonyl (C=O) groups is 1. The molecular weight excluding hydrogens is 228 g/mol. The Balaban J connectivity index is 1.96. The summed E-state index contributed by atoms with van der Waals surface area (Å²) in [7, 11) is 1.97. The monoisotopic (exact) mass is 254 g/mol. The minimum atomic E-state index is 0.0494. The number of nitrogens with zero attached hydrogens (tertiary/aromatic N) is 1. The van der Waals surface area contributed by atoms with Crippen LogP contribution in [0.25, 0.3) is 0 Å². The van der Waals surface area contributed by atoms with Crippen molar-refractivity contribution in [2.24, 2.45) is 17.8 Å². The molecule has 2 saturated heterocycles. The van der Waals surface area contributed by atoms with E-state index in [0.29, 0.717) is 17.7 Å². The number of hydrogen-bond acceptors (Lipinski definition) is 3. The van der Waals surface area contributed by atoms with Gasteiger partial charge >= 0.3 is 0 Å². The first-order valence-corrected chi connectivity index (χ1v) is 7.13. The summed E-state index contributed by atoms with van der Waals surface area (Å²) in [5.41, 5.74) is 0. The van der Waals surface area contributed by atoms with E-state index in [0.717, 1.165) is 26.1 Å². The van der Waals surface area contributed by atoms with Gasteiger partial charge in [0.2, 0.25) is 5.91 Å². The Morgan fingerprint density at radius 2 is 2.06 bits per heavy atom. The minimum absolute atomic E-state index is 0.0494. The van der Waals surface area contributed by atoms with Gasteiger partial charge in [-0.1, -0.05) is 6.92 Å². The van der Waals surface area contributed by atoms with Crippen LogP contribution in [0.1, 0.15) is 27.2 Å². The first-order valence-electron chi connectivity index (χ1n) is 7.13. The zero-order chi connectivity index (χ0) is 13.3. The molecule has 1 amide bonds. The van der Waals surface area contributed by atoms with E-state index < -0.39 is 0 Å². The van der Waals surface area contributed by atoms with Crippen molar-refractivity contribution in [3.05, 3.63) is 0 Å². The van der Waals surface area contributed by atoms with E-state index in [1.165, 1.54) is 0 Å². The highest BCUT2D eigenvalue weighted by molar-refractivity contribution is 5.80. The van der Waals surface area contributed by atoms with E-state index >= 15 is 0 Å². The Kier molecular flexibility index (Phi) is 4.28. The smallest absolute Gasteiger partial charge is 0.228 e. The summed E-state index contributed by atoms with van der Waals surface area (Å²) in [6.07, 6.45) is 1.38. The summed E-state index contributed by atoms with van der Waals surface area (Å²) >= 11 is 0. The first-order chi connectivity index (χ1) is 8.54. The third-order valence-corrected chi connectivity index (χ3v) is 4.62. The highest BCUT2D eigenvalue weighted by Gasteiger charge is 2.44. The van der Waals surface area contributed by atoms with Crippen LogP contribution in [0.15, 0.2) is 0 Å². The Hall–Kier alpha value is -0.610. The lowest BCUT2D eigenvalue weighted by Gasteiger charge is -2.25. The maximum Gasteiger partial charge on any atom is 0.228 e. The number of carbonyl (C=O) groups excluding carboxylic acids is 1. The van der Waals surface area contributed by atoms with Gasteiger partial charge in [0.15, 0.2) is 0 Å². The van der Waals surface area contributed by atoms with Crippen molar-refractivity contribution in [3.63, 3.8) is 0 Å². The molecule has 0 aliphatic carbocycles. The van der Waals surface area contributed by atoms with Crippen molar-refractivity contribution in [1.29, 1.82) is 0 Å². The second kappa shape index (κ2) is 5.57. The van der Waals surface area contributed by atoms with Gasteiger partial charge < -0.3 is 15.0 Å². The summed E-state index contributed by atoms with van der Waals surface area (Å²) in [4.78, 5) is 14.6. The summed E-state index contributed by atoms with van der Waals surface area (Å²) in [5.74, 6) is 1.30. The number of rotatable bonds is 3. The van der Waals surface area contributed by atoms with Crippen LogP contribution in [0.4, 0.5) is 0 Å². The maximum absolute atomic E-state index is 12.6. The Morgan fingerprint density at radius 3 is 2.61 bits per heavy atom. The van der Waals surface area contributed by atoms with Gasteiger partial charge in [0.25, 0.3) is 0 Å². The molecule has 0 bridgehead atoms. The molecule has 1 N–H and O–H groups in total. The molecule has 18 heavy (non-hydrogen) atoms. The van der Waals surface area contributed by atoms with Crippen LogP contribution in [0.3, 0.4) is 0 Å². The molecule has 2 aliphatic rings. The molecule has 0 aromatic carbocycles. The largest absolute Gasteiger partial charge is 0.374 e. The lowest BCUT2D eigenvalue weighted by Crippen LogP contribution is -2.40. The van der Waals surface area contributed by atoms with Crippen LogP contribution in [0.5, 0.6) is 0 Å². The molecule has 0 spiro atoms. The zero-order valence-corrected chi connectivity index (χ0v) is 12.0. The van der Waals surface area contributed by atoms with Gasteiger partial charge in [-0.05, 0) is 45.7 Å². The minimum Gasteiger partial charge on any atom is -0.374 e. The SMILES string of the molecule is CNCC1CCN(C(=O)C2C(C)OC(C)C2C)C1. The number of nitrogens with one attached hydrogen (secondary N) is 1. The summed E-state index contributed by atoms with van der Waals surface area (Å²) in [5, 5.41) is 3.20. The Labute approximate surface area is 110 Å². The van der Waals surface area contributed by atoms with Crippen LogP contribution in [0, 0.1) is 17.8 Å². The molecule has 5 atom stereocenters. The number of hydrogen-bond donors (Lipinski definition) is 1. The third-order valence-electron chi connectivity index (χ3n) is 4.62. The molecule has 2 aliphatic heterocycles. The number of ether oxygens (including phenoxy) is 1. The number of likely N-dealkylation sites (tertiary alicyclic amines) is 1. The second-order valence-electron chi connectivity index (χ2n) is 5.93. The van der Waals surface area contributed by atoms with Crippen molar-refractivity contribution in [1.82, 2.24) is 10.2 Å². The molecule has 2 fully saturated rings. The van der Waals surface area contributed by atoms with Gasteiger partial charge in [-0.3, -0.25) is 4.79 Å². The third kappa shape index (κ3) is 2.54. The molecule has 0 aromatic heterocycles. The van der Waals surface area contributed by atoms with E-state index in [2.05, 4.69) is 19.2 Å². The van der Waals surface area contributed by atoms with E-state index in [1.54, 1.807) is 0 Å². The van der Waals surface area contributed by atoms with Crippen LogP contribution in [-0.4, -0.2) is 49.7 Å². The Morgan fingerprint density at radius 1 is 1.33 bits per heavy atom. The molecule has 0 saturated carbocycles. The van der Waals surface area contributed by atoms with Gasteiger partial charge in [-0.2, -0.15) is 0 Å². The average Bonchev–Trinajstić information content (AvgIpc) is 2.86. The van der Waals surface area contributed by atoms with Gasteiger partial charge in [0.1, 0.15) is 0 Å². The summed E-state index contributed by atoms with van der Waals surface area (Å²) in [6.45, 7) is 9.07. The van der Waals surface area contributed by atoms with E-state index in [-0.39, 0.29) is 18.1 Å². The van der Waals surface area contributed by atoms with Crippen LogP contribution in [0.2, 0.25) is 0 Å². The fraction of sp³-hybridized carbons (Fsp3) is 0.929. The first kappa shape index (κ1) is 13.8. The second-order valence-corrected chi connectivity index (χ2v) is 5.93. The molecule has 2 heterocycles. The lowest BCUT2D eigenvalue weighted by atomic mass is 9.88. The van der Waals surface area contributed by atoms with Crippen molar-refractivity contribution in [2.75, 3.05) is 26.7 Å². The quantitative estimate of drug-likeness (QED) is 0.820. The molecule has 5 unspecified atom stereocenters. The summed E-state index contributed by atoms with van der Waals surface area (Å²) in [6, 6.07) is 0. The van der Waals surface area contributed by atoms with E-state index in [1.807, 2.05) is 18.9 Å². The molecular formula is C14H26N2O2. The van der Waals surface area contributed by atoms with Gasteiger partial charge in [-0.15, -0.1) is 0 Å². The Bertz CT molecular complexity index is 308. The van der Waals surface area contributed by atoms with Gasteiger partial charge in [0, 0.05) is 13.1 Å². The number of amides is 1. The van der Waals surface area contributed by atoms with Crippen LogP contribution in [-0.2, 0) is 9.53 Å². The van der Waals surface area contributed by atoms with Crippen molar-refractivity contribution in [2.45, 2.75) is 39.4 Å². The lowest BCUT2D eigenvalue weighted by molar-refractivity contribution is -0.136. The van der Waals surface area contributed by atoms with Crippen LogP contribution < -0.4 is 5.32 Å². The molecule has 0 radical (unpaired) electrons. The zero-order valence-electron chi connectivity index (χ0n) is 12.0. The van der Waals surface area contributed by atoms with Crippen molar-refractivity contribution >= 4 is 5.91 Å². The highest BCUT2D eigenvalue weighted by atomic mass is 16.5. The van der Waals surface area contributed by atoms with E-state index in [9.17, 15) is 4.79 Å². The van der Waals surface area contributed by atoms with Gasteiger partial charge in [-0.25, -0.2) is 0 Å². The fourth-order valence-electron chi connectivity index (χ4n) is 3.39. The molecule has 4 heteroatoms. The van der Waals surface area contributed by atoms with E-state index in [4.69, 9.17) is 4.74 Å². The normalized spacial score (nSPS) is 40.4. The molecule has 104 valence electrons. The van der Waals surface area contributed by atoms with Gasteiger partial charge in [0.05, 0.1) is 18.1 Å². The predicted molar refractivity (Wildman–Crippen MR) is 71.3 cm³/mol.